The zero-order valence-corrected chi connectivity index (χ0v) is 15.7. The predicted octanol–water partition coefficient (Wildman–Crippen LogP) is 3.46. The maximum atomic E-state index is 12.1. The van der Waals surface area contributed by atoms with Crippen LogP contribution in [0.4, 0.5) is 0 Å². The largest absolute Gasteiger partial charge is 0.493 e. The number of nitrogens with one attached hydrogen (secondary N) is 2. The van der Waals surface area contributed by atoms with E-state index in [-0.39, 0.29) is 11.8 Å². The van der Waals surface area contributed by atoms with E-state index in [0.29, 0.717) is 42.3 Å². The van der Waals surface area contributed by atoms with Crippen LogP contribution in [0.1, 0.15) is 33.4 Å². The van der Waals surface area contributed by atoms with Crippen LogP contribution < -0.4 is 15.4 Å². The van der Waals surface area contributed by atoms with Crippen molar-refractivity contribution < 1.29 is 14.3 Å². The molecule has 1 aromatic carbocycles. The SMILES string of the molecule is CCOc1ccc(C(=O)NCCCNC(=O)c2cccs2)cc1Br. The summed E-state index contributed by atoms with van der Waals surface area (Å²) >= 11 is 4.80. The van der Waals surface area contributed by atoms with Gasteiger partial charge >= 0.3 is 0 Å². The Morgan fingerprint density at radius 1 is 1.17 bits per heavy atom. The van der Waals surface area contributed by atoms with Crippen molar-refractivity contribution >= 4 is 39.1 Å². The predicted molar refractivity (Wildman–Crippen MR) is 98.9 cm³/mol. The maximum absolute atomic E-state index is 12.1. The summed E-state index contributed by atoms with van der Waals surface area (Å²) in [6.45, 7) is 3.49. The quantitative estimate of drug-likeness (QED) is 0.654. The lowest BCUT2D eigenvalue weighted by Gasteiger charge is -2.09. The first-order chi connectivity index (χ1) is 11.6. The van der Waals surface area contributed by atoms with Crippen molar-refractivity contribution in [3.63, 3.8) is 0 Å². The monoisotopic (exact) mass is 410 g/mol. The molecule has 0 radical (unpaired) electrons. The summed E-state index contributed by atoms with van der Waals surface area (Å²) in [6.07, 6.45) is 0.668. The minimum atomic E-state index is -0.150. The minimum absolute atomic E-state index is 0.0771. The van der Waals surface area contributed by atoms with Crippen LogP contribution in [0.15, 0.2) is 40.2 Å². The molecule has 0 spiro atoms. The van der Waals surface area contributed by atoms with Crippen molar-refractivity contribution in [1.29, 1.82) is 0 Å². The van der Waals surface area contributed by atoms with Crippen molar-refractivity contribution in [2.75, 3.05) is 19.7 Å². The Balaban J connectivity index is 1.71. The summed E-state index contributed by atoms with van der Waals surface area (Å²) in [5.74, 6) is 0.487. The third kappa shape index (κ3) is 5.35. The Labute approximate surface area is 153 Å². The van der Waals surface area contributed by atoms with Crippen LogP contribution >= 0.6 is 27.3 Å². The standard InChI is InChI=1S/C17H19BrN2O3S/c1-2-23-14-7-6-12(11-13(14)18)16(21)19-8-4-9-20-17(22)15-5-3-10-24-15/h3,5-7,10-11H,2,4,8-9H2,1H3,(H,19,21)(H,20,22). The van der Waals surface area contributed by atoms with Crippen LogP contribution in [0.2, 0.25) is 0 Å². The van der Waals surface area contributed by atoms with Crippen LogP contribution in [0.25, 0.3) is 0 Å². The summed E-state index contributed by atoms with van der Waals surface area (Å²) in [5, 5.41) is 7.53. The van der Waals surface area contributed by atoms with Crippen LogP contribution in [-0.4, -0.2) is 31.5 Å². The number of halogens is 1. The normalized spacial score (nSPS) is 10.2. The first-order valence-electron chi connectivity index (χ1n) is 7.64. The average molecular weight is 411 g/mol. The second-order valence-electron chi connectivity index (χ2n) is 4.92. The second kappa shape index (κ2) is 9.44. The molecule has 2 amide bonds. The van der Waals surface area contributed by atoms with Gasteiger partial charge < -0.3 is 15.4 Å². The Kier molecular flexibility index (Phi) is 7.27. The van der Waals surface area contributed by atoms with E-state index in [0.717, 1.165) is 4.47 Å². The molecule has 0 saturated carbocycles. The van der Waals surface area contributed by atoms with Gasteiger partial charge in [0, 0.05) is 18.7 Å². The van der Waals surface area contributed by atoms with Gasteiger partial charge in [-0.1, -0.05) is 6.07 Å². The number of thiophene rings is 1. The zero-order chi connectivity index (χ0) is 17.4. The van der Waals surface area contributed by atoms with E-state index in [2.05, 4.69) is 26.6 Å². The third-order valence-corrected chi connectivity index (χ3v) is 4.65. The van der Waals surface area contributed by atoms with Crippen LogP contribution in [0.3, 0.4) is 0 Å². The molecule has 0 atom stereocenters. The fourth-order valence-electron chi connectivity index (χ4n) is 2.00. The van der Waals surface area contributed by atoms with Crippen molar-refractivity contribution in [2.24, 2.45) is 0 Å². The highest BCUT2D eigenvalue weighted by Gasteiger charge is 2.09. The maximum Gasteiger partial charge on any atom is 0.261 e. The molecule has 5 nitrogen and oxygen atoms in total. The van der Waals surface area contributed by atoms with Crippen molar-refractivity contribution in [2.45, 2.75) is 13.3 Å². The van der Waals surface area contributed by atoms with Crippen LogP contribution in [0.5, 0.6) is 5.75 Å². The molecular weight excluding hydrogens is 392 g/mol. The molecule has 0 unspecified atom stereocenters. The van der Waals surface area contributed by atoms with Gasteiger partial charge in [-0.25, -0.2) is 0 Å². The van der Waals surface area contributed by atoms with Gasteiger partial charge in [0.15, 0.2) is 0 Å². The molecule has 1 heterocycles. The van der Waals surface area contributed by atoms with Gasteiger partial charge in [-0.2, -0.15) is 0 Å². The summed E-state index contributed by atoms with van der Waals surface area (Å²) in [7, 11) is 0. The van der Waals surface area contributed by atoms with E-state index in [9.17, 15) is 9.59 Å². The molecule has 0 bridgehead atoms. The molecule has 0 aliphatic heterocycles. The molecule has 2 rings (SSSR count). The number of amides is 2. The topological polar surface area (TPSA) is 67.4 Å². The zero-order valence-electron chi connectivity index (χ0n) is 13.3. The van der Waals surface area contributed by atoms with Crippen molar-refractivity contribution in [1.82, 2.24) is 10.6 Å². The summed E-state index contributed by atoms with van der Waals surface area (Å²) < 4.78 is 6.17. The number of carbonyl (C=O) groups excluding carboxylic acids is 2. The molecular formula is C17H19BrN2O3S. The summed E-state index contributed by atoms with van der Waals surface area (Å²) in [5.41, 5.74) is 0.563. The van der Waals surface area contributed by atoms with Crippen molar-refractivity contribution in [3.8, 4) is 5.75 Å². The number of hydrogen-bond acceptors (Lipinski definition) is 4. The lowest BCUT2D eigenvalue weighted by molar-refractivity contribution is 0.0953. The fraction of sp³-hybridized carbons (Fsp3) is 0.294. The number of benzene rings is 1. The van der Waals surface area contributed by atoms with E-state index >= 15 is 0 Å². The molecule has 7 heteroatoms. The number of hydrogen-bond donors (Lipinski definition) is 2. The molecule has 0 fully saturated rings. The van der Waals surface area contributed by atoms with Gasteiger partial charge in [-0.3, -0.25) is 9.59 Å². The highest BCUT2D eigenvalue weighted by Crippen LogP contribution is 2.25. The first kappa shape index (κ1) is 18.5. The molecule has 0 aliphatic rings. The molecule has 128 valence electrons. The number of ether oxygens (including phenoxy) is 1. The molecule has 1 aromatic heterocycles. The van der Waals surface area contributed by atoms with Crippen molar-refractivity contribution in [3.05, 3.63) is 50.6 Å². The van der Waals surface area contributed by atoms with Gasteiger partial charge in [0.1, 0.15) is 5.75 Å². The van der Waals surface area contributed by atoms with Gasteiger partial charge in [0.25, 0.3) is 11.8 Å². The fourth-order valence-corrected chi connectivity index (χ4v) is 3.14. The Morgan fingerprint density at radius 2 is 1.92 bits per heavy atom. The van der Waals surface area contributed by atoms with E-state index in [1.807, 2.05) is 18.4 Å². The highest BCUT2D eigenvalue weighted by atomic mass is 79.9. The number of carbonyl (C=O) groups is 2. The van der Waals surface area contributed by atoms with Gasteiger partial charge in [0.05, 0.1) is 16.0 Å². The summed E-state index contributed by atoms with van der Waals surface area (Å²) in [6, 6.07) is 8.85. The molecule has 2 aromatic rings. The average Bonchev–Trinajstić information content (AvgIpc) is 3.11. The minimum Gasteiger partial charge on any atom is -0.493 e. The Bertz CT molecular complexity index is 689. The summed E-state index contributed by atoms with van der Waals surface area (Å²) in [4.78, 5) is 24.5. The van der Waals surface area contributed by atoms with Gasteiger partial charge in [0.2, 0.25) is 0 Å². The van der Waals surface area contributed by atoms with Gasteiger partial charge in [-0.15, -0.1) is 11.3 Å². The number of rotatable bonds is 8. The van der Waals surface area contributed by atoms with E-state index in [1.54, 1.807) is 24.3 Å². The Hall–Kier alpha value is -1.86. The third-order valence-electron chi connectivity index (χ3n) is 3.16. The lowest BCUT2D eigenvalue weighted by atomic mass is 10.2. The van der Waals surface area contributed by atoms with E-state index in [4.69, 9.17) is 4.74 Å². The molecule has 0 aliphatic carbocycles. The second-order valence-corrected chi connectivity index (χ2v) is 6.72. The van der Waals surface area contributed by atoms with Gasteiger partial charge in [-0.05, 0) is 58.9 Å². The molecule has 24 heavy (non-hydrogen) atoms. The van der Waals surface area contributed by atoms with Crippen LogP contribution in [-0.2, 0) is 0 Å². The molecule has 0 saturated heterocycles. The highest BCUT2D eigenvalue weighted by molar-refractivity contribution is 9.10. The lowest BCUT2D eigenvalue weighted by Crippen LogP contribution is -2.29. The van der Waals surface area contributed by atoms with Crippen LogP contribution in [0, 0.1) is 0 Å². The first-order valence-corrected chi connectivity index (χ1v) is 9.31. The molecule has 2 N–H and O–H groups in total. The Morgan fingerprint density at radius 3 is 2.54 bits per heavy atom. The van der Waals surface area contributed by atoms with E-state index in [1.165, 1.54) is 11.3 Å². The smallest absolute Gasteiger partial charge is 0.261 e. The van der Waals surface area contributed by atoms with E-state index < -0.39 is 0 Å².